The molecule has 0 unspecified atom stereocenters. The Bertz CT molecular complexity index is 1110. The summed E-state index contributed by atoms with van der Waals surface area (Å²) in [5.41, 5.74) is 2.80. The molecule has 4 rings (SSSR count). The number of hydrogen-bond acceptors (Lipinski definition) is 8. The molecule has 0 fully saturated rings. The van der Waals surface area contributed by atoms with Gasteiger partial charge in [0.2, 0.25) is 11.8 Å². The van der Waals surface area contributed by atoms with Gasteiger partial charge in [0.05, 0.1) is 17.4 Å². The molecule has 0 aliphatic rings. The van der Waals surface area contributed by atoms with E-state index in [1.807, 2.05) is 69.3 Å². The summed E-state index contributed by atoms with van der Waals surface area (Å²) in [4.78, 5) is 0. The maximum Gasteiger partial charge on any atom is 0.277 e. The van der Waals surface area contributed by atoms with Gasteiger partial charge in [0.1, 0.15) is 5.75 Å². The Morgan fingerprint density at radius 3 is 2.62 bits per heavy atom. The number of ether oxygens (including phenoxy) is 1. The summed E-state index contributed by atoms with van der Waals surface area (Å²) in [5.74, 6) is 2.12. The Morgan fingerprint density at radius 1 is 0.966 bits per heavy atom. The zero-order chi connectivity index (χ0) is 20.2. The van der Waals surface area contributed by atoms with Gasteiger partial charge in [-0.2, -0.15) is 0 Å². The second-order valence-corrected chi connectivity index (χ2v) is 7.67. The summed E-state index contributed by atoms with van der Waals surface area (Å²) in [7, 11) is 0. The van der Waals surface area contributed by atoms with E-state index in [1.165, 1.54) is 11.8 Å². The van der Waals surface area contributed by atoms with E-state index in [9.17, 15) is 0 Å². The van der Waals surface area contributed by atoms with E-state index >= 15 is 0 Å². The second-order valence-electron chi connectivity index (χ2n) is 6.38. The number of rotatable bonds is 7. The highest BCUT2D eigenvalue weighted by molar-refractivity contribution is 7.99. The molecule has 8 heteroatoms. The van der Waals surface area contributed by atoms with Crippen LogP contribution in [0.4, 0.5) is 0 Å². The van der Waals surface area contributed by atoms with Gasteiger partial charge in [-0.15, -0.1) is 20.4 Å². The fourth-order valence-corrected chi connectivity index (χ4v) is 3.50. The Labute approximate surface area is 172 Å². The van der Waals surface area contributed by atoms with Gasteiger partial charge < -0.3 is 13.6 Å². The molecule has 7 nitrogen and oxygen atoms in total. The normalized spacial score (nSPS) is 12.1. The van der Waals surface area contributed by atoms with Crippen molar-refractivity contribution in [3.63, 3.8) is 0 Å². The van der Waals surface area contributed by atoms with Gasteiger partial charge in [-0.25, -0.2) is 0 Å². The van der Waals surface area contributed by atoms with Crippen molar-refractivity contribution in [1.29, 1.82) is 0 Å². The van der Waals surface area contributed by atoms with Gasteiger partial charge in [0.15, 0.2) is 0 Å². The van der Waals surface area contributed by atoms with Gasteiger partial charge in [-0.1, -0.05) is 41.6 Å². The summed E-state index contributed by atoms with van der Waals surface area (Å²) in [6.07, 6.45) is 0. The fraction of sp³-hybridized carbons (Fsp3) is 0.238. The predicted molar refractivity (Wildman–Crippen MR) is 110 cm³/mol. The van der Waals surface area contributed by atoms with E-state index in [-0.39, 0.29) is 5.25 Å². The Balaban J connectivity index is 1.50. The molecule has 0 radical (unpaired) electrons. The molecule has 0 saturated heterocycles. The molecule has 0 aliphatic carbocycles. The topological polar surface area (TPSA) is 87.1 Å². The highest BCUT2D eigenvalue weighted by Crippen LogP contribution is 2.37. The first-order valence-electron chi connectivity index (χ1n) is 9.27. The maximum atomic E-state index is 5.85. The van der Waals surface area contributed by atoms with Crippen LogP contribution in [0.3, 0.4) is 0 Å². The Morgan fingerprint density at radius 2 is 1.79 bits per heavy atom. The maximum absolute atomic E-state index is 5.85. The van der Waals surface area contributed by atoms with Crippen molar-refractivity contribution in [2.45, 2.75) is 31.2 Å². The minimum absolute atomic E-state index is 0.142. The number of hydrogen-bond donors (Lipinski definition) is 0. The molecule has 2 heterocycles. The standard InChI is InChI=1S/C21H20N4O3S/c1-4-26-17-11-6-5-10-16(17)20-24-25-21(28-20)29-14(3)18-22-23-19(27-18)15-9-7-8-13(2)12-15/h5-12,14H,4H2,1-3H3/t14-/m0/s1. The van der Waals surface area contributed by atoms with Crippen molar-refractivity contribution in [2.75, 3.05) is 6.61 Å². The monoisotopic (exact) mass is 408 g/mol. The minimum atomic E-state index is -0.142. The zero-order valence-electron chi connectivity index (χ0n) is 16.3. The lowest BCUT2D eigenvalue weighted by Gasteiger charge is -2.06. The minimum Gasteiger partial charge on any atom is -0.493 e. The first-order valence-corrected chi connectivity index (χ1v) is 10.1. The summed E-state index contributed by atoms with van der Waals surface area (Å²) in [5, 5.41) is 16.9. The van der Waals surface area contributed by atoms with Crippen molar-refractivity contribution in [3.05, 3.63) is 60.0 Å². The van der Waals surface area contributed by atoms with Crippen LogP contribution in [0, 0.1) is 6.92 Å². The molecule has 0 saturated carbocycles. The lowest BCUT2D eigenvalue weighted by molar-refractivity contribution is 0.340. The smallest absolute Gasteiger partial charge is 0.277 e. The van der Waals surface area contributed by atoms with Crippen LogP contribution < -0.4 is 4.74 Å². The Kier molecular flexibility index (Phi) is 5.62. The van der Waals surface area contributed by atoms with Gasteiger partial charge in [-0.05, 0) is 45.0 Å². The van der Waals surface area contributed by atoms with E-state index in [2.05, 4.69) is 20.4 Å². The van der Waals surface area contributed by atoms with Crippen LogP contribution in [0.15, 0.2) is 62.6 Å². The van der Waals surface area contributed by atoms with Gasteiger partial charge >= 0.3 is 0 Å². The molecular weight excluding hydrogens is 388 g/mol. The molecular formula is C21H20N4O3S. The number of nitrogens with zero attached hydrogens (tertiary/aromatic N) is 4. The van der Waals surface area contributed by atoms with Crippen LogP contribution in [-0.2, 0) is 0 Å². The molecule has 0 N–H and O–H groups in total. The average Bonchev–Trinajstić information content (AvgIpc) is 3.39. The van der Waals surface area contributed by atoms with Crippen molar-refractivity contribution < 1.29 is 13.6 Å². The molecule has 0 spiro atoms. The third kappa shape index (κ3) is 4.32. The molecule has 0 amide bonds. The largest absolute Gasteiger partial charge is 0.493 e. The number of benzene rings is 2. The lowest BCUT2D eigenvalue weighted by Crippen LogP contribution is -1.93. The number of aryl methyl sites for hydroxylation is 1. The van der Waals surface area contributed by atoms with Crippen LogP contribution in [0.2, 0.25) is 0 Å². The van der Waals surface area contributed by atoms with E-state index in [0.29, 0.717) is 35.3 Å². The first-order chi connectivity index (χ1) is 14.1. The fourth-order valence-electron chi connectivity index (χ4n) is 2.79. The predicted octanol–water partition coefficient (Wildman–Crippen LogP) is 5.35. The van der Waals surface area contributed by atoms with Crippen LogP contribution in [0.1, 0.15) is 30.6 Å². The summed E-state index contributed by atoms with van der Waals surface area (Å²) in [6, 6.07) is 15.5. The number of aromatic nitrogens is 4. The number of para-hydroxylation sites is 1. The van der Waals surface area contributed by atoms with Crippen LogP contribution in [0.25, 0.3) is 22.9 Å². The van der Waals surface area contributed by atoms with Gasteiger partial charge in [0.25, 0.3) is 11.1 Å². The molecule has 0 bridgehead atoms. The molecule has 29 heavy (non-hydrogen) atoms. The highest BCUT2D eigenvalue weighted by Gasteiger charge is 2.20. The van der Waals surface area contributed by atoms with Gasteiger partial charge in [0, 0.05) is 5.56 Å². The second kappa shape index (κ2) is 8.48. The molecule has 1 atom stereocenters. The summed E-state index contributed by atoms with van der Waals surface area (Å²) < 4.78 is 17.3. The molecule has 0 aliphatic heterocycles. The molecule has 2 aromatic carbocycles. The SMILES string of the molecule is CCOc1ccccc1-c1nnc(S[C@@H](C)c2nnc(-c3cccc(C)c3)o2)o1. The third-order valence-corrected chi connectivity index (χ3v) is 5.08. The van der Waals surface area contributed by atoms with Crippen molar-refractivity contribution in [2.24, 2.45) is 0 Å². The van der Waals surface area contributed by atoms with Crippen molar-refractivity contribution in [1.82, 2.24) is 20.4 Å². The third-order valence-electron chi connectivity index (χ3n) is 4.15. The molecule has 148 valence electrons. The highest BCUT2D eigenvalue weighted by atomic mass is 32.2. The Hall–Kier alpha value is -3.13. The van der Waals surface area contributed by atoms with E-state index < -0.39 is 0 Å². The van der Waals surface area contributed by atoms with E-state index in [0.717, 1.165) is 16.7 Å². The van der Waals surface area contributed by atoms with Crippen LogP contribution in [-0.4, -0.2) is 27.0 Å². The first kappa shape index (κ1) is 19.2. The molecule has 4 aromatic rings. The summed E-state index contributed by atoms with van der Waals surface area (Å²) >= 11 is 1.37. The van der Waals surface area contributed by atoms with Crippen molar-refractivity contribution >= 4 is 11.8 Å². The van der Waals surface area contributed by atoms with Crippen LogP contribution in [0.5, 0.6) is 5.75 Å². The summed E-state index contributed by atoms with van der Waals surface area (Å²) in [6.45, 7) is 6.47. The van der Waals surface area contributed by atoms with E-state index in [1.54, 1.807) is 0 Å². The van der Waals surface area contributed by atoms with Crippen LogP contribution >= 0.6 is 11.8 Å². The number of thioether (sulfide) groups is 1. The average molecular weight is 408 g/mol. The van der Waals surface area contributed by atoms with E-state index in [4.69, 9.17) is 13.6 Å². The quantitative estimate of drug-likeness (QED) is 0.378. The van der Waals surface area contributed by atoms with Gasteiger partial charge in [-0.3, -0.25) is 0 Å². The zero-order valence-corrected chi connectivity index (χ0v) is 17.1. The van der Waals surface area contributed by atoms with Crippen molar-refractivity contribution in [3.8, 4) is 28.7 Å². The lowest BCUT2D eigenvalue weighted by atomic mass is 10.1. The molecule has 2 aromatic heterocycles.